The first-order chi connectivity index (χ1) is 15.6. The lowest BCUT2D eigenvalue weighted by molar-refractivity contribution is -0.129. The topological polar surface area (TPSA) is 160 Å². The fourth-order valence-corrected chi connectivity index (χ4v) is 3.86. The molecule has 0 aliphatic heterocycles. The van der Waals surface area contributed by atoms with Gasteiger partial charge in [-0.05, 0) is 96.4 Å². The molecule has 0 saturated heterocycles. The summed E-state index contributed by atoms with van der Waals surface area (Å²) in [5.74, 6) is 1.13. The number of carbonyl (C=O) groups excluding carboxylic acids is 2. The van der Waals surface area contributed by atoms with E-state index < -0.39 is 12.1 Å². The molecule has 0 heterocycles. The lowest BCUT2D eigenvalue weighted by Crippen LogP contribution is -2.52. The number of hydrogen-bond donors (Lipinski definition) is 7. The Balaban J connectivity index is 4.05. The van der Waals surface area contributed by atoms with Crippen LogP contribution in [0.2, 0.25) is 0 Å². The molecule has 0 bridgehead atoms. The summed E-state index contributed by atoms with van der Waals surface area (Å²) in [6.07, 6.45) is 7.35. The van der Waals surface area contributed by atoms with Crippen molar-refractivity contribution in [2.24, 2.45) is 17.2 Å². The van der Waals surface area contributed by atoms with Crippen molar-refractivity contribution < 1.29 is 9.59 Å². The van der Waals surface area contributed by atoms with Crippen LogP contribution in [0, 0.1) is 0 Å². The Morgan fingerprint density at radius 1 is 0.812 bits per heavy atom. The zero-order valence-electron chi connectivity index (χ0n) is 20.1. The summed E-state index contributed by atoms with van der Waals surface area (Å²) in [6, 6.07) is -1.16. The predicted octanol–water partition coefficient (Wildman–Crippen LogP) is -0.115. The van der Waals surface area contributed by atoms with Gasteiger partial charge >= 0.3 is 0 Å². The van der Waals surface area contributed by atoms with Gasteiger partial charge in [-0.3, -0.25) is 9.59 Å². The van der Waals surface area contributed by atoms with Crippen molar-refractivity contribution in [2.75, 3.05) is 57.3 Å². The molecule has 0 aromatic rings. The minimum atomic E-state index is -0.601. The summed E-state index contributed by atoms with van der Waals surface area (Å²) in [5, 5.41) is 12.6. The molecular formula is C22H49N7O2S. The first-order valence-electron chi connectivity index (χ1n) is 12.3. The van der Waals surface area contributed by atoms with Gasteiger partial charge in [0.2, 0.25) is 11.8 Å². The van der Waals surface area contributed by atoms with E-state index in [1.165, 1.54) is 0 Å². The number of nitrogens with two attached hydrogens (primary N) is 3. The second-order valence-electron chi connectivity index (χ2n) is 8.02. The molecule has 0 aliphatic rings. The molecule has 0 aliphatic carbocycles. The molecule has 32 heavy (non-hydrogen) atoms. The Morgan fingerprint density at radius 3 is 2.06 bits per heavy atom. The molecule has 2 atom stereocenters. The fraction of sp³-hybridized carbons (Fsp3) is 0.909. The van der Waals surface area contributed by atoms with Crippen LogP contribution in [0.4, 0.5) is 0 Å². The van der Waals surface area contributed by atoms with E-state index in [0.29, 0.717) is 25.3 Å². The van der Waals surface area contributed by atoms with Crippen molar-refractivity contribution in [2.45, 2.75) is 70.4 Å². The Labute approximate surface area is 199 Å². The largest absolute Gasteiger partial charge is 0.354 e. The highest BCUT2D eigenvalue weighted by molar-refractivity contribution is 7.99. The molecule has 0 aromatic heterocycles. The molecule has 10 N–H and O–H groups in total. The Kier molecular flexibility index (Phi) is 22.6. The summed E-state index contributed by atoms with van der Waals surface area (Å²) in [4.78, 5) is 25.0. The summed E-state index contributed by atoms with van der Waals surface area (Å²) in [6.45, 7) is 7.81. The van der Waals surface area contributed by atoms with Gasteiger partial charge in [-0.25, -0.2) is 0 Å². The summed E-state index contributed by atoms with van der Waals surface area (Å²) < 4.78 is 0. The maximum Gasteiger partial charge on any atom is 0.242 e. The van der Waals surface area contributed by atoms with Crippen molar-refractivity contribution in [3.05, 3.63) is 0 Å². The fourth-order valence-electron chi connectivity index (χ4n) is 3.00. The van der Waals surface area contributed by atoms with Crippen LogP contribution in [0.3, 0.4) is 0 Å². The lowest BCUT2D eigenvalue weighted by atomic mass is 10.1. The van der Waals surface area contributed by atoms with Crippen LogP contribution in [0.25, 0.3) is 0 Å². The molecule has 0 aromatic carbocycles. The smallest absolute Gasteiger partial charge is 0.242 e. The van der Waals surface area contributed by atoms with Crippen LogP contribution >= 0.6 is 11.8 Å². The number of hydrogen-bond acceptors (Lipinski definition) is 8. The zero-order valence-corrected chi connectivity index (χ0v) is 20.9. The van der Waals surface area contributed by atoms with Crippen LogP contribution in [-0.2, 0) is 9.59 Å². The Bertz CT molecular complexity index is 458. The quantitative estimate of drug-likeness (QED) is 0.101. The number of amides is 2. The molecule has 0 rings (SSSR count). The summed E-state index contributed by atoms with van der Waals surface area (Å²) in [7, 11) is 0. The molecule has 0 fully saturated rings. The molecule has 0 radical (unpaired) electrons. The minimum Gasteiger partial charge on any atom is -0.354 e. The van der Waals surface area contributed by atoms with E-state index >= 15 is 0 Å². The molecule has 0 unspecified atom stereocenters. The van der Waals surface area contributed by atoms with Crippen molar-refractivity contribution in [1.29, 1.82) is 0 Å². The zero-order chi connectivity index (χ0) is 23.9. The third-order valence-electron chi connectivity index (χ3n) is 4.91. The highest BCUT2D eigenvalue weighted by Crippen LogP contribution is 2.05. The van der Waals surface area contributed by atoms with Crippen LogP contribution in [0.5, 0.6) is 0 Å². The predicted molar refractivity (Wildman–Crippen MR) is 137 cm³/mol. The van der Waals surface area contributed by atoms with E-state index in [9.17, 15) is 9.59 Å². The Hall–Kier alpha value is -0.910. The average Bonchev–Trinajstić information content (AvgIpc) is 2.79. The van der Waals surface area contributed by atoms with Crippen LogP contribution in [-0.4, -0.2) is 81.2 Å². The molecular weight excluding hydrogens is 426 g/mol. The molecule has 0 saturated carbocycles. The maximum atomic E-state index is 12.6. The van der Waals surface area contributed by atoms with Crippen molar-refractivity contribution >= 4 is 23.6 Å². The molecule has 2 amide bonds. The first kappa shape index (κ1) is 31.1. The van der Waals surface area contributed by atoms with Crippen LogP contribution in [0.1, 0.15) is 58.3 Å². The van der Waals surface area contributed by atoms with Gasteiger partial charge < -0.3 is 38.5 Å². The lowest BCUT2D eigenvalue weighted by Gasteiger charge is -2.20. The number of thioether (sulfide) groups is 1. The number of unbranched alkanes of at least 4 members (excludes halogenated alkanes) is 2. The normalized spacial score (nSPS) is 13.0. The van der Waals surface area contributed by atoms with Crippen LogP contribution < -0.4 is 38.5 Å². The molecule has 10 heteroatoms. The monoisotopic (exact) mass is 475 g/mol. The van der Waals surface area contributed by atoms with Crippen molar-refractivity contribution in [3.63, 3.8) is 0 Å². The van der Waals surface area contributed by atoms with E-state index in [4.69, 9.17) is 17.2 Å². The van der Waals surface area contributed by atoms with E-state index in [1.54, 1.807) is 11.8 Å². The SMILES string of the molecule is CCCSC[C@H](N)C(=O)N[C@@H](CCCCN)C(=O)NCCCNCCCCNCCCN. The maximum absolute atomic E-state index is 12.6. The molecule has 9 nitrogen and oxygen atoms in total. The Morgan fingerprint density at radius 2 is 1.44 bits per heavy atom. The van der Waals surface area contributed by atoms with Gasteiger partial charge in [0.15, 0.2) is 0 Å². The second kappa shape index (κ2) is 23.3. The number of nitrogens with one attached hydrogen (secondary N) is 4. The standard InChI is InChI=1S/C22H49N7O2S/c1-2-17-32-18-19(25)21(30)29-20(9-3-4-10-23)22(31)28-16-8-15-27-13-6-5-12-26-14-7-11-24/h19-20,26-27H,2-18,23-25H2,1H3,(H,28,31)(H,29,30)/t19-,20-/m0/s1. The van der Waals surface area contributed by atoms with Crippen LogP contribution in [0.15, 0.2) is 0 Å². The summed E-state index contributed by atoms with van der Waals surface area (Å²) >= 11 is 1.66. The van der Waals surface area contributed by atoms with Gasteiger partial charge in [0.25, 0.3) is 0 Å². The van der Waals surface area contributed by atoms with Gasteiger partial charge in [0, 0.05) is 12.3 Å². The van der Waals surface area contributed by atoms with E-state index in [-0.39, 0.29) is 11.8 Å². The third kappa shape index (κ3) is 18.6. The van der Waals surface area contributed by atoms with Gasteiger partial charge in [0.05, 0.1) is 6.04 Å². The van der Waals surface area contributed by atoms with E-state index in [0.717, 1.165) is 83.4 Å². The minimum absolute atomic E-state index is 0.146. The van der Waals surface area contributed by atoms with Gasteiger partial charge in [-0.15, -0.1) is 0 Å². The third-order valence-corrected chi connectivity index (χ3v) is 6.20. The number of carbonyl (C=O) groups is 2. The highest BCUT2D eigenvalue weighted by Gasteiger charge is 2.23. The van der Waals surface area contributed by atoms with E-state index in [2.05, 4.69) is 28.2 Å². The molecule has 0 spiro atoms. The van der Waals surface area contributed by atoms with Crippen molar-refractivity contribution in [1.82, 2.24) is 21.3 Å². The van der Waals surface area contributed by atoms with E-state index in [1.807, 2.05) is 0 Å². The first-order valence-corrected chi connectivity index (χ1v) is 13.4. The van der Waals surface area contributed by atoms with Crippen molar-refractivity contribution in [3.8, 4) is 0 Å². The molecule has 190 valence electrons. The number of rotatable bonds is 23. The van der Waals surface area contributed by atoms with Gasteiger partial charge in [-0.2, -0.15) is 11.8 Å². The highest BCUT2D eigenvalue weighted by atomic mass is 32.2. The second-order valence-corrected chi connectivity index (χ2v) is 9.17. The average molecular weight is 476 g/mol. The van der Waals surface area contributed by atoms with Gasteiger partial charge in [-0.1, -0.05) is 6.92 Å². The summed E-state index contributed by atoms with van der Waals surface area (Å²) in [5.41, 5.74) is 17.0. The van der Waals surface area contributed by atoms with Gasteiger partial charge in [0.1, 0.15) is 6.04 Å².